The van der Waals surface area contributed by atoms with Crippen LogP contribution in [0.5, 0.6) is 0 Å². The molecule has 1 fully saturated rings. The molecule has 1 N–H and O–H groups in total. The number of esters is 1. The van der Waals surface area contributed by atoms with Gasteiger partial charge in [0.25, 0.3) is 0 Å². The van der Waals surface area contributed by atoms with E-state index in [1.54, 1.807) is 22.7 Å². The summed E-state index contributed by atoms with van der Waals surface area (Å²) in [5.74, 6) is -0.292. The lowest BCUT2D eigenvalue weighted by molar-refractivity contribution is -0.146. The van der Waals surface area contributed by atoms with Gasteiger partial charge in [-0.2, -0.15) is 11.3 Å². The van der Waals surface area contributed by atoms with Gasteiger partial charge in [-0.1, -0.05) is 0 Å². The largest absolute Gasteiger partial charge is 0.468 e. The zero-order valence-electron chi connectivity index (χ0n) is 11.6. The van der Waals surface area contributed by atoms with Gasteiger partial charge < -0.3 is 9.84 Å². The Morgan fingerprint density at radius 1 is 1.57 bits per heavy atom. The summed E-state index contributed by atoms with van der Waals surface area (Å²) in [7, 11) is 1.38. The van der Waals surface area contributed by atoms with Crippen LogP contribution in [0, 0.1) is 0 Å². The third kappa shape index (κ3) is 3.16. The Bertz CT molecular complexity index is 612. The highest BCUT2D eigenvalue weighted by Gasteiger charge is 2.36. The molecule has 0 saturated carbocycles. The van der Waals surface area contributed by atoms with Gasteiger partial charge in [0.1, 0.15) is 11.0 Å². The van der Waals surface area contributed by atoms with Crippen LogP contribution < -0.4 is 0 Å². The molecule has 0 aliphatic carbocycles. The minimum atomic E-state index is -0.482. The molecule has 0 spiro atoms. The molecule has 0 amide bonds. The first kappa shape index (κ1) is 14.6. The van der Waals surface area contributed by atoms with Crippen molar-refractivity contribution in [3.8, 4) is 10.6 Å². The van der Waals surface area contributed by atoms with Crippen molar-refractivity contribution in [2.75, 3.05) is 13.7 Å². The Morgan fingerprint density at radius 3 is 3.14 bits per heavy atom. The first-order valence-electron chi connectivity index (χ1n) is 6.64. The number of aliphatic hydroxyl groups excluding tert-OH is 1. The molecule has 3 rings (SSSR count). The zero-order chi connectivity index (χ0) is 14.8. The Labute approximate surface area is 130 Å². The van der Waals surface area contributed by atoms with Crippen molar-refractivity contribution < 1.29 is 14.6 Å². The predicted octanol–water partition coefficient (Wildman–Crippen LogP) is 1.98. The minimum absolute atomic E-state index is 0.292. The van der Waals surface area contributed by atoms with E-state index in [2.05, 4.69) is 10.4 Å². The summed E-state index contributed by atoms with van der Waals surface area (Å²) < 4.78 is 4.81. The molecule has 5 nitrogen and oxygen atoms in total. The maximum Gasteiger partial charge on any atom is 0.323 e. The summed E-state index contributed by atoms with van der Waals surface area (Å²) >= 11 is 3.24. The lowest BCUT2D eigenvalue weighted by Crippen LogP contribution is -2.36. The van der Waals surface area contributed by atoms with E-state index in [1.807, 2.05) is 21.7 Å². The molecular weight excluding hydrogens is 308 g/mol. The quantitative estimate of drug-likeness (QED) is 0.871. The third-order valence-corrected chi connectivity index (χ3v) is 5.16. The normalized spacial score (nSPS) is 22.6. The van der Waals surface area contributed by atoms with Gasteiger partial charge in [-0.05, 0) is 11.4 Å². The van der Waals surface area contributed by atoms with Crippen LogP contribution >= 0.6 is 22.7 Å². The average molecular weight is 324 g/mol. The smallest absolute Gasteiger partial charge is 0.323 e. The molecule has 2 aromatic rings. The predicted molar refractivity (Wildman–Crippen MR) is 82.3 cm³/mol. The summed E-state index contributed by atoms with van der Waals surface area (Å²) in [5.41, 5.74) is 2.05. The van der Waals surface area contributed by atoms with Crippen LogP contribution in [0.2, 0.25) is 0 Å². The Kier molecular flexibility index (Phi) is 4.34. The molecule has 112 valence electrons. The lowest BCUT2D eigenvalue weighted by Gasteiger charge is -2.20. The molecule has 2 atom stereocenters. The number of hydrogen-bond acceptors (Lipinski definition) is 7. The van der Waals surface area contributed by atoms with Crippen molar-refractivity contribution in [1.82, 2.24) is 9.88 Å². The summed E-state index contributed by atoms with van der Waals surface area (Å²) in [6.45, 7) is 1.03. The summed E-state index contributed by atoms with van der Waals surface area (Å²) in [4.78, 5) is 18.3. The summed E-state index contributed by atoms with van der Waals surface area (Å²) in [6.07, 6.45) is -0.0575. The second kappa shape index (κ2) is 6.23. The number of nitrogens with zero attached hydrogens (tertiary/aromatic N) is 2. The van der Waals surface area contributed by atoms with Crippen LogP contribution in [0.4, 0.5) is 0 Å². The highest BCUT2D eigenvalue weighted by molar-refractivity contribution is 7.14. The number of rotatable bonds is 4. The fourth-order valence-corrected chi connectivity index (χ4v) is 4.06. The number of methoxy groups -OCH3 is 1. The molecule has 3 heterocycles. The Hall–Kier alpha value is -1.28. The van der Waals surface area contributed by atoms with Crippen molar-refractivity contribution in [1.29, 1.82) is 0 Å². The first-order chi connectivity index (χ1) is 10.2. The van der Waals surface area contributed by atoms with Gasteiger partial charge in [0.05, 0.1) is 18.9 Å². The van der Waals surface area contributed by atoms with Gasteiger partial charge in [-0.25, -0.2) is 4.98 Å². The van der Waals surface area contributed by atoms with Crippen molar-refractivity contribution >= 4 is 28.6 Å². The van der Waals surface area contributed by atoms with Crippen molar-refractivity contribution in [3.05, 3.63) is 27.9 Å². The van der Waals surface area contributed by atoms with E-state index in [4.69, 9.17) is 4.74 Å². The van der Waals surface area contributed by atoms with Crippen LogP contribution in [0.15, 0.2) is 22.2 Å². The van der Waals surface area contributed by atoms with E-state index >= 15 is 0 Å². The van der Waals surface area contributed by atoms with Crippen LogP contribution in [0.1, 0.15) is 12.1 Å². The number of β-amino-alcohol motifs (C(OH)–C–C–N with tert-alkyl or cyclic N) is 1. The van der Waals surface area contributed by atoms with E-state index in [0.717, 1.165) is 16.3 Å². The van der Waals surface area contributed by atoms with Crippen molar-refractivity contribution in [3.63, 3.8) is 0 Å². The number of carbonyl (C=O) groups is 1. The number of thiazole rings is 1. The SMILES string of the molecule is COC(=O)C1CC(O)CN1Cc1csc(-c2ccsc2)n1. The second-order valence-corrected chi connectivity index (χ2v) is 6.65. The fourth-order valence-electron chi connectivity index (χ4n) is 2.54. The third-order valence-electron chi connectivity index (χ3n) is 3.54. The van der Waals surface area contributed by atoms with Gasteiger partial charge in [0.2, 0.25) is 0 Å². The van der Waals surface area contributed by atoms with Crippen LogP contribution in [0.25, 0.3) is 10.6 Å². The van der Waals surface area contributed by atoms with Crippen LogP contribution in [-0.2, 0) is 16.1 Å². The molecule has 0 radical (unpaired) electrons. The number of aliphatic hydroxyl groups is 1. The Morgan fingerprint density at radius 2 is 2.43 bits per heavy atom. The molecule has 0 aromatic carbocycles. The van der Waals surface area contributed by atoms with Gasteiger partial charge in [0.15, 0.2) is 0 Å². The lowest BCUT2D eigenvalue weighted by atomic mass is 10.2. The topological polar surface area (TPSA) is 62.7 Å². The molecule has 1 aliphatic heterocycles. The average Bonchev–Trinajstić information content (AvgIpc) is 3.18. The maximum absolute atomic E-state index is 11.8. The number of aromatic nitrogens is 1. The molecule has 21 heavy (non-hydrogen) atoms. The van der Waals surface area contributed by atoms with Gasteiger partial charge >= 0.3 is 5.97 Å². The minimum Gasteiger partial charge on any atom is -0.468 e. The van der Waals surface area contributed by atoms with E-state index in [9.17, 15) is 9.90 Å². The van der Waals surface area contributed by atoms with E-state index in [1.165, 1.54) is 7.11 Å². The highest BCUT2D eigenvalue weighted by atomic mass is 32.1. The van der Waals surface area contributed by atoms with E-state index in [0.29, 0.717) is 19.5 Å². The van der Waals surface area contributed by atoms with Crippen LogP contribution in [-0.4, -0.2) is 46.8 Å². The molecule has 7 heteroatoms. The second-order valence-electron chi connectivity index (χ2n) is 5.01. The van der Waals surface area contributed by atoms with Crippen LogP contribution in [0.3, 0.4) is 0 Å². The number of likely N-dealkylation sites (tertiary alicyclic amines) is 1. The molecule has 2 aromatic heterocycles. The number of thiophene rings is 1. The first-order valence-corrected chi connectivity index (χ1v) is 8.46. The van der Waals surface area contributed by atoms with Gasteiger partial charge in [-0.15, -0.1) is 11.3 Å². The molecule has 0 bridgehead atoms. The number of carbonyl (C=O) groups excluding carboxylic acids is 1. The fraction of sp³-hybridized carbons (Fsp3) is 0.429. The molecule has 1 saturated heterocycles. The van der Waals surface area contributed by atoms with Crippen molar-refractivity contribution in [2.45, 2.75) is 25.1 Å². The summed E-state index contributed by atoms with van der Waals surface area (Å²) in [6, 6.07) is 1.67. The number of hydrogen-bond donors (Lipinski definition) is 1. The monoisotopic (exact) mass is 324 g/mol. The molecule has 1 aliphatic rings. The molecule has 2 unspecified atom stereocenters. The van der Waals surface area contributed by atoms with Crippen molar-refractivity contribution in [2.24, 2.45) is 0 Å². The van der Waals surface area contributed by atoms with E-state index in [-0.39, 0.29) is 12.0 Å². The maximum atomic E-state index is 11.8. The molecular formula is C14H16N2O3S2. The van der Waals surface area contributed by atoms with Gasteiger partial charge in [0, 0.05) is 35.8 Å². The summed E-state index contributed by atoms with van der Waals surface area (Å²) in [5, 5.41) is 16.9. The highest BCUT2D eigenvalue weighted by Crippen LogP contribution is 2.27. The van der Waals surface area contributed by atoms with Gasteiger partial charge in [-0.3, -0.25) is 9.69 Å². The standard InChI is InChI=1S/C14H16N2O3S2/c1-19-14(18)12-4-11(17)6-16(12)5-10-8-21-13(15-10)9-2-3-20-7-9/h2-3,7-8,11-12,17H,4-6H2,1H3. The Balaban J connectivity index is 1.72. The zero-order valence-corrected chi connectivity index (χ0v) is 13.2. The number of ether oxygens (including phenoxy) is 1. The van der Waals surface area contributed by atoms with E-state index < -0.39 is 6.10 Å².